The van der Waals surface area contributed by atoms with Crippen LogP contribution in [0.15, 0.2) is 12.1 Å². The Kier molecular flexibility index (Phi) is 2.93. The van der Waals surface area contributed by atoms with Gasteiger partial charge in [0.1, 0.15) is 11.3 Å². The summed E-state index contributed by atoms with van der Waals surface area (Å²) in [4.78, 5) is 4.06. The molecule has 0 unspecified atom stereocenters. The summed E-state index contributed by atoms with van der Waals surface area (Å²) in [6.07, 6.45) is 1.46. The fourth-order valence-electron chi connectivity index (χ4n) is 1.35. The summed E-state index contributed by atoms with van der Waals surface area (Å²) in [5.41, 5.74) is 5.49. The molecule has 1 aromatic heterocycles. The summed E-state index contributed by atoms with van der Waals surface area (Å²) in [6, 6.07) is 2.23. The smallest absolute Gasteiger partial charge is 0.150 e. The second-order valence-electron chi connectivity index (χ2n) is 3.21. The molecule has 0 spiro atoms. The molecule has 2 rings (SSSR count). The van der Waals surface area contributed by atoms with Crippen LogP contribution in [0.25, 0.3) is 10.2 Å². The first kappa shape index (κ1) is 10.4. The van der Waals surface area contributed by atoms with Gasteiger partial charge in [0.2, 0.25) is 0 Å². The molecule has 80 valence electrons. The Morgan fingerprint density at radius 1 is 1.27 bits per heavy atom. The first-order valence-electron chi connectivity index (χ1n) is 4.66. The Hall–Kier alpha value is -1.07. The number of benzene rings is 1. The van der Waals surface area contributed by atoms with Crippen molar-refractivity contribution >= 4 is 21.6 Å². The fourth-order valence-corrected chi connectivity index (χ4v) is 2.37. The normalized spacial score (nSPS) is 11.1. The van der Waals surface area contributed by atoms with Crippen molar-refractivity contribution in [2.24, 2.45) is 5.73 Å². The molecule has 15 heavy (non-hydrogen) atoms. The van der Waals surface area contributed by atoms with Crippen molar-refractivity contribution in [3.63, 3.8) is 0 Å². The molecule has 2 nitrogen and oxygen atoms in total. The van der Waals surface area contributed by atoms with Crippen molar-refractivity contribution in [1.29, 1.82) is 0 Å². The van der Waals surface area contributed by atoms with Crippen LogP contribution in [0, 0.1) is 11.6 Å². The van der Waals surface area contributed by atoms with Gasteiger partial charge in [-0.3, -0.25) is 0 Å². The van der Waals surface area contributed by atoms with Gasteiger partial charge in [0.25, 0.3) is 0 Å². The van der Waals surface area contributed by atoms with E-state index in [-0.39, 0.29) is 5.52 Å². The Labute approximate surface area is 89.7 Å². The maximum Gasteiger partial charge on any atom is 0.150 e. The summed E-state index contributed by atoms with van der Waals surface area (Å²) in [6.45, 7) is 0.556. The van der Waals surface area contributed by atoms with E-state index in [1.807, 2.05) is 0 Å². The molecular weight excluding hydrogens is 218 g/mol. The van der Waals surface area contributed by atoms with Crippen LogP contribution in [0.5, 0.6) is 0 Å². The number of hydrogen-bond acceptors (Lipinski definition) is 3. The third-order valence-corrected chi connectivity index (χ3v) is 3.21. The van der Waals surface area contributed by atoms with E-state index in [1.165, 1.54) is 11.3 Å². The predicted molar refractivity (Wildman–Crippen MR) is 56.9 cm³/mol. The van der Waals surface area contributed by atoms with Crippen molar-refractivity contribution in [1.82, 2.24) is 4.98 Å². The lowest BCUT2D eigenvalue weighted by atomic mass is 10.3. The SMILES string of the molecule is NCCCc1nc2c(F)ccc(F)c2s1. The second kappa shape index (κ2) is 4.20. The molecule has 0 aliphatic carbocycles. The maximum atomic E-state index is 13.3. The third kappa shape index (κ3) is 1.98. The van der Waals surface area contributed by atoms with Crippen molar-refractivity contribution in [3.8, 4) is 0 Å². The molecule has 0 atom stereocenters. The van der Waals surface area contributed by atoms with Crippen LogP contribution in [0.3, 0.4) is 0 Å². The molecular formula is C10H10F2N2S. The molecule has 2 aromatic rings. The van der Waals surface area contributed by atoms with E-state index in [0.717, 1.165) is 23.6 Å². The zero-order valence-corrected chi connectivity index (χ0v) is 8.78. The van der Waals surface area contributed by atoms with Gasteiger partial charge in [-0.25, -0.2) is 13.8 Å². The average molecular weight is 228 g/mol. The molecule has 5 heteroatoms. The average Bonchev–Trinajstić information content (AvgIpc) is 2.66. The number of nitrogens with zero attached hydrogens (tertiary/aromatic N) is 1. The van der Waals surface area contributed by atoms with Gasteiger partial charge in [-0.05, 0) is 25.1 Å². The minimum atomic E-state index is -0.471. The van der Waals surface area contributed by atoms with Gasteiger partial charge < -0.3 is 5.73 Å². The largest absolute Gasteiger partial charge is 0.330 e. The van der Waals surface area contributed by atoms with E-state index in [9.17, 15) is 8.78 Å². The Balaban J connectivity index is 2.45. The summed E-state index contributed by atoms with van der Waals surface area (Å²) in [7, 11) is 0. The Bertz CT molecular complexity index is 442. The molecule has 0 saturated carbocycles. The molecule has 0 aliphatic heterocycles. The summed E-state index contributed by atoms with van der Waals surface area (Å²) in [5, 5.41) is 0.736. The van der Waals surface area contributed by atoms with E-state index in [2.05, 4.69) is 4.98 Å². The fraction of sp³-hybridized carbons (Fsp3) is 0.300. The van der Waals surface area contributed by atoms with Crippen LogP contribution in [-0.4, -0.2) is 11.5 Å². The highest BCUT2D eigenvalue weighted by molar-refractivity contribution is 7.18. The second-order valence-corrected chi connectivity index (χ2v) is 4.29. The highest BCUT2D eigenvalue weighted by atomic mass is 32.1. The monoisotopic (exact) mass is 228 g/mol. The molecule has 0 aliphatic rings. The number of thiazole rings is 1. The number of fused-ring (bicyclic) bond motifs is 1. The van der Waals surface area contributed by atoms with Crippen LogP contribution in [0.2, 0.25) is 0 Å². The van der Waals surface area contributed by atoms with Crippen molar-refractivity contribution in [2.75, 3.05) is 6.54 Å². The summed E-state index contributed by atoms with van der Waals surface area (Å²) < 4.78 is 26.8. The highest BCUT2D eigenvalue weighted by Crippen LogP contribution is 2.27. The zero-order chi connectivity index (χ0) is 10.8. The first-order chi connectivity index (χ1) is 7.22. The summed E-state index contributed by atoms with van der Waals surface area (Å²) >= 11 is 1.20. The third-order valence-electron chi connectivity index (χ3n) is 2.09. The Morgan fingerprint density at radius 3 is 2.67 bits per heavy atom. The van der Waals surface area contributed by atoms with Crippen molar-refractivity contribution in [3.05, 3.63) is 28.8 Å². The lowest BCUT2D eigenvalue weighted by Gasteiger charge is -1.90. The molecule has 0 amide bonds. The van der Waals surface area contributed by atoms with Gasteiger partial charge in [-0.1, -0.05) is 0 Å². The number of halogens is 2. The highest BCUT2D eigenvalue weighted by Gasteiger charge is 2.11. The summed E-state index contributed by atoms with van der Waals surface area (Å²) in [5.74, 6) is -0.885. The minimum Gasteiger partial charge on any atom is -0.330 e. The van der Waals surface area contributed by atoms with Gasteiger partial charge in [0.05, 0.1) is 9.71 Å². The molecule has 0 bridgehead atoms. The first-order valence-corrected chi connectivity index (χ1v) is 5.47. The van der Waals surface area contributed by atoms with Crippen molar-refractivity contribution in [2.45, 2.75) is 12.8 Å². The van der Waals surface area contributed by atoms with E-state index < -0.39 is 11.6 Å². The number of rotatable bonds is 3. The van der Waals surface area contributed by atoms with Gasteiger partial charge in [0, 0.05) is 6.42 Å². The van der Waals surface area contributed by atoms with E-state index in [4.69, 9.17) is 5.73 Å². The standard InChI is InChI=1S/C10H10F2N2S/c11-6-3-4-7(12)10-9(6)14-8(15-10)2-1-5-13/h3-4H,1-2,5,13H2. The van der Waals surface area contributed by atoms with Gasteiger partial charge in [0.15, 0.2) is 5.82 Å². The van der Waals surface area contributed by atoms with Crippen molar-refractivity contribution < 1.29 is 8.78 Å². The topological polar surface area (TPSA) is 38.9 Å². The predicted octanol–water partition coefficient (Wildman–Crippen LogP) is 2.47. The molecule has 2 N–H and O–H groups in total. The number of nitrogens with two attached hydrogens (primary N) is 1. The lowest BCUT2D eigenvalue weighted by molar-refractivity contribution is 0.617. The van der Waals surface area contributed by atoms with Gasteiger partial charge in [-0.2, -0.15) is 0 Å². The van der Waals surface area contributed by atoms with Crippen LogP contribution in [-0.2, 0) is 6.42 Å². The Morgan fingerprint density at radius 2 is 2.00 bits per heavy atom. The van der Waals surface area contributed by atoms with Crippen LogP contribution in [0.4, 0.5) is 8.78 Å². The van der Waals surface area contributed by atoms with Crippen LogP contribution in [0.1, 0.15) is 11.4 Å². The quantitative estimate of drug-likeness (QED) is 0.876. The molecule has 1 aromatic carbocycles. The van der Waals surface area contributed by atoms with Gasteiger partial charge >= 0.3 is 0 Å². The van der Waals surface area contributed by atoms with E-state index in [1.54, 1.807) is 0 Å². The minimum absolute atomic E-state index is 0.132. The lowest BCUT2D eigenvalue weighted by Crippen LogP contribution is -1.99. The molecule has 1 heterocycles. The van der Waals surface area contributed by atoms with Crippen LogP contribution < -0.4 is 5.73 Å². The van der Waals surface area contributed by atoms with E-state index in [0.29, 0.717) is 17.7 Å². The molecule has 0 saturated heterocycles. The zero-order valence-electron chi connectivity index (χ0n) is 7.96. The maximum absolute atomic E-state index is 13.3. The number of aryl methyl sites for hydroxylation is 1. The van der Waals surface area contributed by atoms with E-state index >= 15 is 0 Å². The van der Waals surface area contributed by atoms with Gasteiger partial charge in [-0.15, -0.1) is 11.3 Å². The number of aromatic nitrogens is 1. The molecule has 0 fully saturated rings. The molecule has 0 radical (unpaired) electrons. The number of hydrogen-bond donors (Lipinski definition) is 1. The van der Waals surface area contributed by atoms with Crippen LogP contribution >= 0.6 is 11.3 Å².